The summed E-state index contributed by atoms with van der Waals surface area (Å²) in [7, 11) is 0. The fourth-order valence-electron chi connectivity index (χ4n) is 3.77. The summed E-state index contributed by atoms with van der Waals surface area (Å²) in [6.45, 7) is 2.22. The van der Waals surface area contributed by atoms with Crippen LogP contribution in [0.25, 0.3) is 0 Å². The van der Waals surface area contributed by atoms with Gasteiger partial charge >= 0.3 is 12.2 Å². The molecule has 4 rings (SSSR count). The largest absolute Gasteiger partial charge is 0.480 e. The van der Waals surface area contributed by atoms with Crippen LogP contribution in [-0.4, -0.2) is 35.2 Å². The van der Waals surface area contributed by atoms with Crippen LogP contribution in [0, 0.1) is 11.6 Å². The van der Waals surface area contributed by atoms with E-state index in [0.717, 1.165) is 19.1 Å². The van der Waals surface area contributed by atoms with Crippen molar-refractivity contribution in [3.63, 3.8) is 0 Å². The molecule has 2 atom stereocenters. The standard InChI is InChI=1S/C22H21F5N4O3/c1-11(22(25,26)27)34-18-10-14(21(2)30-29-20(33)31(21)12-7-8-12)16(24)9-13(18)19(32)28-17-6-4-3-5-15(17)23/h3-6,9-12,30H,7-8H2,1-2H3,(H,28,32)(H,29,33)/t11-,21?/m0/s1. The van der Waals surface area contributed by atoms with Gasteiger partial charge in [-0.2, -0.15) is 13.2 Å². The molecule has 2 aromatic carbocycles. The average Bonchev–Trinajstić information content (AvgIpc) is 3.54. The normalized spacial score (nSPS) is 21.3. The van der Waals surface area contributed by atoms with Crippen molar-refractivity contribution >= 4 is 17.6 Å². The Balaban J connectivity index is 1.77. The number of ether oxygens (including phenoxy) is 1. The van der Waals surface area contributed by atoms with E-state index in [0.29, 0.717) is 18.9 Å². The minimum absolute atomic E-state index is 0.179. The fourth-order valence-corrected chi connectivity index (χ4v) is 3.77. The van der Waals surface area contributed by atoms with Gasteiger partial charge in [0.05, 0.1) is 11.3 Å². The zero-order chi connectivity index (χ0) is 24.8. The summed E-state index contributed by atoms with van der Waals surface area (Å²) in [4.78, 5) is 26.5. The lowest BCUT2D eigenvalue weighted by molar-refractivity contribution is -0.189. The maximum atomic E-state index is 15.3. The molecule has 3 amide bonds. The van der Waals surface area contributed by atoms with E-state index < -0.39 is 52.8 Å². The first kappa shape index (κ1) is 23.7. The number of benzene rings is 2. The van der Waals surface area contributed by atoms with E-state index in [1.54, 1.807) is 0 Å². The van der Waals surface area contributed by atoms with Gasteiger partial charge in [0.1, 0.15) is 23.0 Å². The molecule has 1 aliphatic heterocycles. The number of hydrogen-bond acceptors (Lipinski definition) is 4. The number of halogens is 5. The Morgan fingerprint density at radius 1 is 1.21 bits per heavy atom. The average molecular weight is 484 g/mol. The van der Waals surface area contributed by atoms with E-state index in [2.05, 4.69) is 16.2 Å². The second-order valence-corrected chi connectivity index (χ2v) is 8.29. The van der Waals surface area contributed by atoms with Crippen molar-refractivity contribution < 1.29 is 36.3 Å². The van der Waals surface area contributed by atoms with Crippen molar-refractivity contribution in [3.8, 4) is 5.75 Å². The SMILES string of the molecule is C[C@H](Oc1cc(C2(C)NNC(=O)N2C2CC2)c(F)cc1C(=O)Nc1ccccc1F)C(F)(F)F. The number of carbonyl (C=O) groups excluding carboxylic acids is 2. The van der Waals surface area contributed by atoms with Gasteiger partial charge in [-0.25, -0.2) is 19.0 Å². The van der Waals surface area contributed by atoms with E-state index in [1.807, 2.05) is 0 Å². The molecular weight excluding hydrogens is 463 g/mol. The molecule has 12 heteroatoms. The molecule has 0 spiro atoms. The lowest BCUT2D eigenvalue weighted by atomic mass is 9.97. The second-order valence-electron chi connectivity index (χ2n) is 8.29. The second kappa shape index (κ2) is 8.42. The number of alkyl halides is 3. The summed E-state index contributed by atoms with van der Waals surface area (Å²) in [5.74, 6) is -3.40. The van der Waals surface area contributed by atoms with E-state index in [1.165, 1.54) is 30.0 Å². The third-order valence-corrected chi connectivity index (χ3v) is 5.75. The van der Waals surface area contributed by atoms with Crippen LogP contribution in [0.2, 0.25) is 0 Å². The molecule has 1 unspecified atom stereocenters. The number of hydrazine groups is 1. The highest BCUT2D eigenvalue weighted by atomic mass is 19.4. The molecule has 182 valence electrons. The van der Waals surface area contributed by atoms with Crippen molar-refractivity contribution in [2.45, 2.75) is 50.7 Å². The number of amides is 3. The number of nitrogens with zero attached hydrogens (tertiary/aromatic N) is 1. The Hall–Kier alpha value is -3.41. The topological polar surface area (TPSA) is 82.7 Å². The van der Waals surface area contributed by atoms with Crippen LogP contribution in [0.5, 0.6) is 5.75 Å². The van der Waals surface area contributed by atoms with Crippen LogP contribution in [0.1, 0.15) is 42.6 Å². The van der Waals surface area contributed by atoms with Crippen LogP contribution in [-0.2, 0) is 5.66 Å². The third kappa shape index (κ3) is 4.37. The summed E-state index contributed by atoms with van der Waals surface area (Å²) in [6.07, 6.45) is -5.75. The minimum atomic E-state index is -4.78. The van der Waals surface area contributed by atoms with Gasteiger partial charge in [-0.3, -0.25) is 15.1 Å². The third-order valence-electron chi connectivity index (χ3n) is 5.75. The summed E-state index contributed by atoms with van der Waals surface area (Å²) in [5.41, 5.74) is 2.60. The van der Waals surface area contributed by atoms with E-state index in [4.69, 9.17) is 4.74 Å². The minimum Gasteiger partial charge on any atom is -0.480 e. The highest BCUT2D eigenvalue weighted by Gasteiger charge is 2.51. The maximum absolute atomic E-state index is 15.3. The molecule has 3 N–H and O–H groups in total. The van der Waals surface area contributed by atoms with Crippen molar-refractivity contribution in [1.82, 2.24) is 15.8 Å². The molecule has 2 fully saturated rings. The van der Waals surface area contributed by atoms with Crippen LogP contribution >= 0.6 is 0 Å². The van der Waals surface area contributed by atoms with Gasteiger partial charge in [-0.15, -0.1) is 0 Å². The van der Waals surface area contributed by atoms with Gasteiger partial charge in [0.15, 0.2) is 6.10 Å². The van der Waals surface area contributed by atoms with Gasteiger partial charge in [-0.05, 0) is 51.0 Å². The van der Waals surface area contributed by atoms with Crippen molar-refractivity contribution in [3.05, 3.63) is 59.2 Å². The Morgan fingerprint density at radius 3 is 2.50 bits per heavy atom. The number of rotatable bonds is 6. The maximum Gasteiger partial charge on any atom is 0.425 e. The monoisotopic (exact) mass is 484 g/mol. The predicted molar refractivity (Wildman–Crippen MR) is 111 cm³/mol. The number of anilines is 1. The Bertz CT molecular complexity index is 1140. The molecule has 1 saturated heterocycles. The fraction of sp³-hybridized carbons (Fsp3) is 0.364. The Morgan fingerprint density at radius 2 is 1.88 bits per heavy atom. The van der Waals surface area contributed by atoms with Crippen LogP contribution in [0.3, 0.4) is 0 Å². The molecule has 7 nitrogen and oxygen atoms in total. The predicted octanol–water partition coefficient (Wildman–Crippen LogP) is 4.41. The van der Waals surface area contributed by atoms with Crippen LogP contribution in [0.15, 0.2) is 36.4 Å². The zero-order valence-electron chi connectivity index (χ0n) is 18.1. The lowest BCUT2D eigenvalue weighted by Gasteiger charge is -2.34. The van der Waals surface area contributed by atoms with E-state index in [9.17, 15) is 27.2 Å². The van der Waals surface area contributed by atoms with E-state index in [-0.39, 0.29) is 17.3 Å². The molecule has 2 aliphatic rings. The molecule has 1 aliphatic carbocycles. The first-order valence-electron chi connectivity index (χ1n) is 10.4. The first-order chi connectivity index (χ1) is 15.9. The van der Waals surface area contributed by atoms with Crippen molar-refractivity contribution in [2.24, 2.45) is 0 Å². The van der Waals surface area contributed by atoms with Crippen molar-refractivity contribution in [2.75, 3.05) is 5.32 Å². The summed E-state index contributed by atoms with van der Waals surface area (Å²) >= 11 is 0. The van der Waals surface area contributed by atoms with Crippen LogP contribution in [0.4, 0.5) is 32.4 Å². The first-order valence-corrected chi connectivity index (χ1v) is 10.4. The summed E-state index contributed by atoms with van der Waals surface area (Å²) in [5, 5.41) is 2.21. The van der Waals surface area contributed by atoms with Crippen LogP contribution < -0.4 is 20.9 Å². The molecular formula is C22H21F5N4O3. The Kier molecular flexibility index (Phi) is 5.88. The molecule has 1 saturated carbocycles. The quantitative estimate of drug-likeness (QED) is 0.531. The zero-order valence-corrected chi connectivity index (χ0v) is 18.1. The molecule has 1 heterocycles. The molecule has 0 bridgehead atoms. The number of hydrogen-bond donors (Lipinski definition) is 3. The molecule has 34 heavy (non-hydrogen) atoms. The van der Waals surface area contributed by atoms with Crippen molar-refractivity contribution in [1.29, 1.82) is 0 Å². The molecule has 2 aromatic rings. The molecule has 0 aromatic heterocycles. The number of para-hydroxylation sites is 1. The lowest BCUT2D eigenvalue weighted by Crippen LogP contribution is -2.49. The van der Waals surface area contributed by atoms with Gasteiger partial charge in [0.2, 0.25) is 0 Å². The highest BCUT2D eigenvalue weighted by Crippen LogP contribution is 2.41. The summed E-state index contributed by atoms with van der Waals surface area (Å²) < 4.78 is 74.0. The van der Waals surface area contributed by atoms with Gasteiger partial charge in [0, 0.05) is 11.6 Å². The molecule has 0 radical (unpaired) electrons. The number of nitrogens with one attached hydrogen (secondary N) is 3. The van der Waals surface area contributed by atoms with Gasteiger partial charge < -0.3 is 10.1 Å². The van der Waals surface area contributed by atoms with Gasteiger partial charge in [0.25, 0.3) is 5.91 Å². The van der Waals surface area contributed by atoms with E-state index >= 15 is 4.39 Å². The smallest absolute Gasteiger partial charge is 0.425 e. The highest BCUT2D eigenvalue weighted by molar-refractivity contribution is 6.06. The summed E-state index contributed by atoms with van der Waals surface area (Å²) in [6, 6.07) is 6.11. The Labute approximate surface area is 191 Å². The van der Waals surface area contributed by atoms with Gasteiger partial charge in [-0.1, -0.05) is 12.1 Å². The number of urea groups is 1. The number of carbonyl (C=O) groups is 2.